The number of hydrogen-bond donors (Lipinski definition) is 1. The predicted molar refractivity (Wildman–Crippen MR) is 96.6 cm³/mol. The van der Waals surface area contributed by atoms with Crippen LogP contribution in [0.3, 0.4) is 0 Å². The van der Waals surface area contributed by atoms with Gasteiger partial charge < -0.3 is 10.1 Å². The molecule has 10 heteroatoms. The Morgan fingerprint density at radius 2 is 2.00 bits per heavy atom. The molecular weight excluding hydrogens is 352 g/mol. The second-order valence-corrected chi connectivity index (χ2v) is 5.86. The number of aromatic nitrogens is 4. The second-order valence-electron chi connectivity index (χ2n) is 5.86. The summed E-state index contributed by atoms with van der Waals surface area (Å²) in [5.41, 5.74) is 2.25. The van der Waals surface area contributed by atoms with Crippen LogP contribution in [0.15, 0.2) is 36.5 Å². The van der Waals surface area contributed by atoms with Gasteiger partial charge in [-0.3, -0.25) is 19.6 Å². The molecular formula is C17H18N6O4. The van der Waals surface area contributed by atoms with Crippen molar-refractivity contribution in [2.75, 3.05) is 5.32 Å². The molecule has 0 radical (unpaired) electrons. The van der Waals surface area contributed by atoms with Crippen molar-refractivity contribution in [1.82, 2.24) is 19.6 Å². The zero-order chi connectivity index (χ0) is 19.6. The van der Waals surface area contributed by atoms with Crippen molar-refractivity contribution >= 4 is 17.3 Å². The van der Waals surface area contributed by atoms with Crippen molar-refractivity contribution in [3.63, 3.8) is 0 Å². The summed E-state index contributed by atoms with van der Waals surface area (Å²) >= 11 is 0. The lowest BCUT2D eigenvalue weighted by atomic mass is 10.3. The van der Waals surface area contributed by atoms with Gasteiger partial charge >= 0.3 is 5.69 Å². The number of aryl methyl sites for hydroxylation is 2. The normalized spacial score (nSPS) is 10.6. The summed E-state index contributed by atoms with van der Waals surface area (Å²) in [6.07, 6.45) is 1.56. The molecule has 2 aromatic heterocycles. The van der Waals surface area contributed by atoms with Gasteiger partial charge in [0.2, 0.25) is 0 Å². The molecule has 1 amide bonds. The standard InChI is InChI=1S/C17H18N6O4/c1-11-16(12(2)21(3)19-11)18-17(24)13-8-9-22(20-13)10-27-15-7-5-4-6-14(15)23(25)26/h4-9H,10H2,1-3H3,(H,18,24). The predicted octanol–water partition coefficient (Wildman–Crippen LogP) is 2.43. The van der Waals surface area contributed by atoms with E-state index in [1.165, 1.54) is 16.8 Å². The van der Waals surface area contributed by atoms with E-state index in [1.807, 2.05) is 13.8 Å². The van der Waals surface area contributed by atoms with Gasteiger partial charge in [-0.2, -0.15) is 10.2 Å². The minimum Gasteiger partial charge on any atom is -0.464 e. The summed E-state index contributed by atoms with van der Waals surface area (Å²) in [5.74, 6) is -0.246. The zero-order valence-corrected chi connectivity index (χ0v) is 15.0. The molecule has 10 nitrogen and oxygen atoms in total. The lowest BCUT2D eigenvalue weighted by Crippen LogP contribution is -2.15. The van der Waals surface area contributed by atoms with E-state index < -0.39 is 4.92 Å². The first kappa shape index (κ1) is 18.1. The van der Waals surface area contributed by atoms with E-state index in [2.05, 4.69) is 15.5 Å². The van der Waals surface area contributed by atoms with Crippen LogP contribution in [0.4, 0.5) is 11.4 Å². The minimum atomic E-state index is -0.518. The van der Waals surface area contributed by atoms with Crippen LogP contribution in [0.5, 0.6) is 5.75 Å². The van der Waals surface area contributed by atoms with Crippen molar-refractivity contribution in [3.05, 3.63) is 63.7 Å². The molecule has 0 saturated heterocycles. The van der Waals surface area contributed by atoms with Gasteiger partial charge in [-0.1, -0.05) is 12.1 Å². The SMILES string of the molecule is Cc1nn(C)c(C)c1NC(=O)c1ccn(COc2ccccc2[N+](=O)[O-])n1. The maximum absolute atomic E-state index is 12.4. The molecule has 140 valence electrons. The van der Waals surface area contributed by atoms with Gasteiger partial charge in [0.1, 0.15) is 0 Å². The summed E-state index contributed by atoms with van der Waals surface area (Å²) in [6, 6.07) is 7.60. The van der Waals surface area contributed by atoms with E-state index in [9.17, 15) is 14.9 Å². The average Bonchev–Trinajstić information content (AvgIpc) is 3.20. The first-order valence-electron chi connectivity index (χ1n) is 8.08. The highest BCUT2D eigenvalue weighted by atomic mass is 16.6. The van der Waals surface area contributed by atoms with E-state index in [0.29, 0.717) is 11.4 Å². The second kappa shape index (κ2) is 7.28. The molecule has 27 heavy (non-hydrogen) atoms. The lowest BCUT2D eigenvalue weighted by molar-refractivity contribution is -0.386. The molecule has 0 bridgehead atoms. The Bertz CT molecular complexity index is 1010. The van der Waals surface area contributed by atoms with Crippen molar-refractivity contribution in [3.8, 4) is 5.75 Å². The van der Waals surface area contributed by atoms with E-state index in [-0.39, 0.29) is 29.8 Å². The van der Waals surface area contributed by atoms with Crippen LogP contribution in [-0.4, -0.2) is 30.4 Å². The Morgan fingerprint density at radius 3 is 2.67 bits per heavy atom. The molecule has 0 unspecified atom stereocenters. The third-order valence-corrected chi connectivity index (χ3v) is 4.04. The van der Waals surface area contributed by atoms with Gasteiger partial charge in [-0.25, -0.2) is 4.68 Å². The van der Waals surface area contributed by atoms with Gasteiger partial charge in [0.05, 0.1) is 22.0 Å². The quantitative estimate of drug-likeness (QED) is 0.526. The molecule has 0 spiro atoms. The average molecular weight is 370 g/mol. The molecule has 2 heterocycles. The molecule has 0 saturated carbocycles. The Hall–Kier alpha value is -3.69. The van der Waals surface area contributed by atoms with Crippen molar-refractivity contribution in [2.24, 2.45) is 7.05 Å². The summed E-state index contributed by atoms with van der Waals surface area (Å²) in [7, 11) is 1.80. The molecule has 3 aromatic rings. The van der Waals surface area contributed by atoms with E-state index in [4.69, 9.17) is 4.74 Å². The molecule has 1 aromatic carbocycles. The molecule has 0 aliphatic rings. The Morgan fingerprint density at radius 1 is 1.26 bits per heavy atom. The van der Waals surface area contributed by atoms with Crippen molar-refractivity contribution < 1.29 is 14.5 Å². The fourth-order valence-corrected chi connectivity index (χ4v) is 2.55. The van der Waals surface area contributed by atoms with Crippen LogP contribution in [-0.2, 0) is 13.8 Å². The molecule has 0 aliphatic heterocycles. The molecule has 0 aliphatic carbocycles. The largest absolute Gasteiger partial charge is 0.464 e. The number of carbonyl (C=O) groups excluding carboxylic acids is 1. The topological polar surface area (TPSA) is 117 Å². The number of benzene rings is 1. The third kappa shape index (κ3) is 3.78. The third-order valence-electron chi connectivity index (χ3n) is 4.04. The van der Waals surface area contributed by atoms with Gasteiger partial charge in [0.25, 0.3) is 5.91 Å². The number of carbonyl (C=O) groups is 1. The number of nitro groups is 1. The molecule has 3 rings (SSSR count). The number of hydrogen-bond acceptors (Lipinski definition) is 6. The summed E-state index contributed by atoms with van der Waals surface area (Å²) < 4.78 is 8.52. The van der Waals surface area contributed by atoms with Gasteiger partial charge in [0, 0.05) is 19.3 Å². The van der Waals surface area contributed by atoms with E-state index in [0.717, 1.165) is 5.69 Å². The van der Waals surface area contributed by atoms with Gasteiger partial charge in [0.15, 0.2) is 18.2 Å². The maximum Gasteiger partial charge on any atom is 0.311 e. The summed E-state index contributed by atoms with van der Waals surface area (Å²) in [4.78, 5) is 22.9. The minimum absolute atomic E-state index is 0.0664. The fraction of sp³-hybridized carbons (Fsp3) is 0.235. The van der Waals surface area contributed by atoms with Crippen LogP contribution in [0, 0.1) is 24.0 Å². The van der Waals surface area contributed by atoms with Crippen molar-refractivity contribution in [2.45, 2.75) is 20.6 Å². The number of nitrogens with zero attached hydrogens (tertiary/aromatic N) is 5. The Balaban J connectivity index is 1.68. The lowest BCUT2D eigenvalue weighted by Gasteiger charge is -2.06. The number of ether oxygens (including phenoxy) is 1. The fourth-order valence-electron chi connectivity index (χ4n) is 2.55. The van der Waals surface area contributed by atoms with E-state index >= 15 is 0 Å². The molecule has 1 N–H and O–H groups in total. The Labute approximate surface area is 154 Å². The number of rotatable bonds is 6. The number of anilines is 1. The van der Waals surface area contributed by atoms with Gasteiger partial charge in [-0.15, -0.1) is 0 Å². The molecule has 0 atom stereocenters. The summed E-state index contributed by atoms with van der Waals surface area (Å²) in [6.45, 7) is 3.60. The monoisotopic (exact) mass is 370 g/mol. The first-order chi connectivity index (χ1) is 12.9. The maximum atomic E-state index is 12.4. The van der Waals surface area contributed by atoms with Crippen LogP contribution >= 0.6 is 0 Å². The Kier molecular flexibility index (Phi) is 4.88. The van der Waals surface area contributed by atoms with Crippen molar-refractivity contribution in [1.29, 1.82) is 0 Å². The van der Waals surface area contributed by atoms with Crippen LogP contribution in [0.25, 0.3) is 0 Å². The van der Waals surface area contributed by atoms with Crippen LogP contribution in [0.1, 0.15) is 21.9 Å². The summed E-state index contributed by atoms with van der Waals surface area (Å²) in [5, 5.41) is 22.2. The number of para-hydroxylation sites is 2. The first-order valence-corrected chi connectivity index (χ1v) is 8.08. The smallest absolute Gasteiger partial charge is 0.311 e. The van der Waals surface area contributed by atoms with E-state index in [1.54, 1.807) is 36.1 Å². The highest BCUT2D eigenvalue weighted by Gasteiger charge is 2.17. The van der Waals surface area contributed by atoms with Crippen LogP contribution in [0.2, 0.25) is 0 Å². The zero-order valence-electron chi connectivity index (χ0n) is 15.0. The number of nitrogens with one attached hydrogen (secondary N) is 1. The molecule has 0 fully saturated rings. The number of nitro benzene ring substituents is 1. The number of amides is 1. The van der Waals surface area contributed by atoms with Gasteiger partial charge in [-0.05, 0) is 26.0 Å². The highest BCUT2D eigenvalue weighted by molar-refractivity contribution is 6.03. The van der Waals surface area contributed by atoms with Crippen LogP contribution < -0.4 is 10.1 Å². The highest BCUT2D eigenvalue weighted by Crippen LogP contribution is 2.26.